The maximum atomic E-state index is 11.9. The van der Waals surface area contributed by atoms with Crippen LogP contribution in [0, 0.1) is 4.77 Å². The van der Waals surface area contributed by atoms with Crippen LogP contribution in [0.2, 0.25) is 0 Å². The number of fused-ring (bicyclic) bond motifs is 1. The van der Waals surface area contributed by atoms with Crippen LogP contribution < -0.4 is 11.3 Å². The first-order valence-electron chi connectivity index (χ1n) is 7.75. The molecule has 0 bridgehead atoms. The van der Waals surface area contributed by atoms with Gasteiger partial charge in [0, 0.05) is 11.7 Å². The van der Waals surface area contributed by atoms with Gasteiger partial charge in [-0.1, -0.05) is 24.3 Å². The van der Waals surface area contributed by atoms with E-state index in [9.17, 15) is 4.79 Å². The molecule has 0 amide bonds. The third-order valence-corrected chi connectivity index (χ3v) is 5.15. The largest absolute Gasteiger partial charge is 0.355 e. The van der Waals surface area contributed by atoms with Crippen LogP contribution in [0.5, 0.6) is 0 Å². The molecule has 1 aliphatic rings. The summed E-state index contributed by atoms with van der Waals surface area (Å²) in [6.07, 6.45) is 5.07. The lowest BCUT2D eigenvalue weighted by molar-refractivity contribution is 0.253. The van der Waals surface area contributed by atoms with Gasteiger partial charge in [-0.3, -0.25) is 9.78 Å². The Morgan fingerprint density at radius 1 is 1.22 bits per heavy atom. The summed E-state index contributed by atoms with van der Waals surface area (Å²) in [5.74, 6) is 0. The molecule has 4 N–H and O–H groups in total. The highest BCUT2D eigenvalue weighted by Crippen LogP contribution is 2.38. The number of hydrogen-bond acceptors (Lipinski definition) is 3. The van der Waals surface area contributed by atoms with E-state index in [4.69, 9.17) is 18.0 Å². The molecule has 0 unspecified atom stereocenters. The number of rotatable bonds is 3. The first-order valence-corrected chi connectivity index (χ1v) is 8.16. The van der Waals surface area contributed by atoms with Crippen molar-refractivity contribution in [1.29, 1.82) is 0 Å². The maximum Gasteiger partial charge on any atom is 0.276 e. The summed E-state index contributed by atoms with van der Waals surface area (Å²) in [6, 6.07) is 10.3. The van der Waals surface area contributed by atoms with Crippen LogP contribution in [-0.4, -0.2) is 14.5 Å². The summed E-state index contributed by atoms with van der Waals surface area (Å²) in [5.41, 5.74) is 9.73. The number of H-pyrrole nitrogens is 2. The molecule has 1 saturated carbocycles. The molecule has 5 nitrogen and oxygen atoms in total. The molecule has 2 aromatic heterocycles. The monoisotopic (exact) mass is 326 g/mol. The molecule has 118 valence electrons. The van der Waals surface area contributed by atoms with Crippen LogP contribution in [0.3, 0.4) is 0 Å². The summed E-state index contributed by atoms with van der Waals surface area (Å²) in [7, 11) is 0. The van der Waals surface area contributed by atoms with Crippen LogP contribution >= 0.6 is 12.2 Å². The maximum absolute atomic E-state index is 11.9. The van der Waals surface area contributed by atoms with Gasteiger partial charge in [0.2, 0.25) is 0 Å². The summed E-state index contributed by atoms with van der Waals surface area (Å²) in [6.45, 7) is 0.613. The molecule has 0 spiro atoms. The Morgan fingerprint density at radius 2 is 1.96 bits per heavy atom. The molecule has 4 rings (SSSR count). The van der Waals surface area contributed by atoms with Gasteiger partial charge in [0.15, 0.2) is 4.77 Å². The van der Waals surface area contributed by atoms with Crippen molar-refractivity contribution in [2.24, 2.45) is 5.73 Å². The molecule has 23 heavy (non-hydrogen) atoms. The van der Waals surface area contributed by atoms with Crippen molar-refractivity contribution in [3.05, 3.63) is 62.8 Å². The van der Waals surface area contributed by atoms with Crippen LogP contribution in [0.15, 0.2) is 41.3 Å². The van der Waals surface area contributed by atoms with Crippen molar-refractivity contribution < 1.29 is 0 Å². The van der Waals surface area contributed by atoms with Crippen LogP contribution in [0.4, 0.5) is 0 Å². The van der Waals surface area contributed by atoms with Crippen molar-refractivity contribution in [3.63, 3.8) is 0 Å². The molecule has 3 aromatic rings. The van der Waals surface area contributed by atoms with E-state index in [0.717, 1.165) is 23.9 Å². The molecule has 0 aliphatic heterocycles. The fourth-order valence-corrected chi connectivity index (χ4v) is 3.49. The molecule has 2 heterocycles. The average molecular weight is 326 g/mol. The molecule has 0 saturated heterocycles. The minimum atomic E-state index is -0.184. The zero-order valence-corrected chi connectivity index (χ0v) is 13.5. The van der Waals surface area contributed by atoms with Crippen molar-refractivity contribution in [2.45, 2.75) is 31.3 Å². The van der Waals surface area contributed by atoms with Gasteiger partial charge >= 0.3 is 0 Å². The fourth-order valence-electron chi connectivity index (χ4n) is 3.23. The number of benzene rings is 1. The van der Waals surface area contributed by atoms with E-state index in [1.807, 2.05) is 10.6 Å². The van der Waals surface area contributed by atoms with Gasteiger partial charge in [0.05, 0.1) is 12.1 Å². The Kier molecular flexibility index (Phi) is 3.25. The average Bonchev–Trinajstić information content (AvgIpc) is 3.00. The number of hydrogen-bond donors (Lipinski definition) is 3. The van der Waals surface area contributed by atoms with E-state index in [1.165, 1.54) is 12.0 Å². The zero-order valence-electron chi connectivity index (χ0n) is 12.6. The molecular formula is C17H18N4OS. The lowest BCUT2D eigenvalue weighted by Crippen LogP contribution is -2.43. The van der Waals surface area contributed by atoms with E-state index < -0.39 is 0 Å². The number of nitrogens with one attached hydrogen (secondary N) is 2. The van der Waals surface area contributed by atoms with Gasteiger partial charge < -0.3 is 15.3 Å². The van der Waals surface area contributed by atoms with Crippen LogP contribution in [-0.2, 0) is 12.1 Å². The van der Waals surface area contributed by atoms with E-state index >= 15 is 0 Å². The standard InChI is InChI=1S/C17H18N4OS/c18-17(7-1-8-17)12-4-2-11(3-5-12)10-21-13-6-9-19-14(13)15(22)20-16(21)23/h2-6,9,19H,1,7-8,10,18H2,(H,20,22,23). The minimum absolute atomic E-state index is 0.138. The van der Waals surface area contributed by atoms with Crippen molar-refractivity contribution in [2.75, 3.05) is 0 Å². The molecule has 1 aromatic carbocycles. The highest BCUT2D eigenvalue weighted by Gasteiger charge is 2.33. The topological polar surface area (TPSA) is 79.6 Å². The normalized spacial score (nSPS) is 16.4. The second-order valence-electron chi connectivity index (χ2n) is 6.29. The Labute approximate surface area is 138 Å². The Bertz CT molecular complexity index is 976. The summed E-state index contributed by atoms with van der Waals surface area (Å²) in [4.78, 5) is 17.6. The second-order valence-corrected chi connectivity index (χ2v) is 6.68. The molecule has 1 fully saturated rings. The third kappa shape index (κ3) is 2.34. The highest BCUT2D eigenvalue weighted by molar-refractivity contribution is 7.71. The minimum Gasteiger partial charge on any atom is -0.355 e. The van der Waals surface area contributed by atoms with Crippen molar-refractivity contribution in [1.82, 2.24) is 14.5 Å². The lowest BCUT2D eigenvalue weighted by Gasteiger charge is -2.38. The Hall–Kier alpha value is -2.18. The Balaban J connectivity index is 1.70. The first kappa shape index (κ1) is 14.4. The van der Waals surface area contributed by atoms with Crippen molar-refractivity contribution >= 4 is 23.3 Å². The zero-order chi connectivity index (χ0) is 16.0. The van der Waals surface area contributed by atoms with Gasteiger partial charge in [-0.05, 0) is 48.7 Å². The predicted octanol–water partition coefficient (Wildman–Crippen LogP) is 2.77. The van der Waals surface area contributed by atoms with Crippen LogP contribution in [0.1, 0.15) is 30.4 Å². The number of aromatic nitrogens is 3. The van der Waals surface area contributed by atoms with Crippen LogP contribution in [0.25, 0.3) is 11.0 Å². The van der Waals surface area contributed by atoms with Gasteiger partial charge in [0.1, 0.15) is 5.52 Å². The van der Waals surface area contributed by atoms with Crippen molar-refractivity contribution in [3.8, 4) is 0 Å². The summed E-state index contributed by atoms with van der Waals surface area (Å²) < 4.78 is 2.36. The SMILES string of the molecule is NC1(c2ccc(Cn3c(=S)[nH]c(=O)c4[nH]ccc43)cc2)CCC1. The van der Waals surface area contributed by atoms with Gasteiger partial charge in [-0.25, -0.2) is 0 Å². The molecule has 0 radical (unpaired) electrons. The molecule has 1 aliphatic carbocycles. The molecular weight excluding hydrogens is 308 g/mol. The molecule has 0 atom stereocenters. The smallest absolute Gasteiger partial charge is 0.276 e. The second kappa shape index (κ2) is 5.18. The van der Waals surface area contributed by atoms with E-state index in [0.29, 0.717) is 16.8 Å². The predicted molar refractivity (Wildman–Crippen MR) is 93.0 cm³/mol. The first-order chi connectivity index (χ1) is 11.1. The highest BCUT2D eigenvalue weighted by atomic mass is 32.1. The molecule has 6 heteroatoms. The third-order valence-electron chi connectivity index (χ3n) is 4.82. The van der Waals surface area contributed by atoms with E-state index in [-0.39, 0.29) is 11.1 Å². The quantitative estimate of drug-likeness (QED) is 0.648. The fraction of sp³-hybridized carbons (Fsp3) is 0.294. The summed E-state index contributed by atoms with van der Waals surface area (Å²) >= 11 is 5.32. The number of nitrogens with zero attached hydrogens (tertiary/aromatic N) is 1. The Morgan fingerprint density at radius 3 is 2.61 bits per heavy atom. The van der Waals surface area contributed by atoms with E-state index in [2.05, 4.69) is 34.2 Å². The van der Waals surface area contributed by atoms with E-state index in [1.54, 1.807) is 6.20 Å². The lowest BCUT2D eigenvalue weighted by atomic mass is 9.73. The number of nitrogens with two attached hydrogens (primary N) is 1. The summed E-state index contributed by atoms with van der Waals surface area (Å²) in [5, 5.41) is 0. The number of aromatic amines is 2. The van der Waals surface area contributed by atoms with Gasteiger partial charge in [-0.15, -0.1) is 0 Å². The van der Waals surface area contributed by atoms with Gasteiger partial charge in [-0.2, -0.15) is 0 Å². The van der Waals surface area contributed by atoms with Gasteiger partial charge in [0.25, 0.3) is 5.56 Å².